The molecule has 1 amide bonds. The first-order valence-corrected chi connectivity index (χ1v) is 10.3. The predicted molar refractivity (Wildman–Crippen MR) is 122 cm³/mol. The number of fused-ring (bicyclic) bond motifs is 1. The van der Waals surface area contributed by atoms with E-state index in [-0.39, 0.29) is 11.9 Å². The Morgan fingerprint density at radius 3 is 2.55 bits per heavy atom. The number of hydrogen-bond acceptors (Lipinski definition) is 4. The van der Waals surface area contributed by atoms with Gasteiger partial charge in [-0.1, -0.05) is 36.4 Å². The van der Waals surface area contributed by atoms with Gasteiger partial charge in [-0.2, -0.15) is 5.10 Å². The summed E-state index contributed by atoms with van der Waals surface area (Å²) in [6, 6.07) is 17.7. The fraction of sp³-hybridized carbons (Fsp3) is 0.240. The van der Waals surface area contributed by atoms with Gasteiger partial charge in [0, 0.05) is 18.2 Å². The zero-order chi connectivity index (χ0) is 22.0. The molecule has 2 heterocycles. The lowest BCUT2D eigenvalue weighted by atomic mass is 10.0. The summed E-state index contributed by atoms with van der Waals surface area (Å²) in [7, 11) is 1.63. The number of ether oxygens (including phenoxy) is 1. The number of pyridine rings is 1. The number of amides is 1. The maximum absolute atomic E-state index is 13.2. The molecule has 4 aromatic rings. The minimum absolute atomic E-state index is 0.132. The monoisotopic (exact) mass is 414 g/mol. The third-order valence-corrected chi connectivity index (χ3v) is 5.33. The molecular weight excluding hydrogens is 388 g/mol. The maximum atomic E-state index is 13.2. The third kappa shape index (κ3) is 4.14. The van der Waals surface area contributed by atoms with Crippen molar-refractivity contribution in [1.29, 1.82) is 0 Å². The average Bonchev–Trinajstić information content (AvgIpc) is 3.22. The summed E-state index contributed by atoms with van der Waals surface area (Å²) >= 11 is 0. The van der Waals surface area contributed by atoms with Gasteiger partial charge in [0.2, 0.25) is 0 Å². The van der Waals surface area contributed by atoms with Crippen molar-refractivity contribution >= 4 is 16.9 Å². The van der Waals surface area contributed by atoms with Crippen molar-refractivity contribution in [1.82, 2.24) is 20.1 Å². The van der Waals surface area contributed by atoms with Crippen molar-refractivity contribution in [2.75, 3.05) is 7.11 Å². The molecular formula is C25H26N4O2. The third-order valence-electron chi connectivity index (χ3n) is 5.33. The molecule has 0 bridgehead atoms. The molecule has 6 nitrogen and oxygen atoms in total. The molecule has 0 aliphatic rings. The van der Waals surface area contributed by atoms with Gasteiger partial charge in [-0.05, 0) is 50.1 Å². The van der Waals surface area contributed by atoms with Gasteiger partial charge in [0.25, 0.3) is 5.91 Å². The van der Waals surface area contributed by atoms with Gasteiger partial charge < -0.3 is 10.1 Å². The average molecular weight is 415 g/mol. The summed E-state index contributed by atoms with van der Waals surface area (Å²) in [5.74, 6) is 0.635. The van der Waals surface area contributed by atoms with Crippen LogP contribution in [0.3, 0.4) is 0 Å². The number of aromatic nitrogens is 3. The Balaban J connectivity index is 1.73. The molecule has 0 unspecified atom stereocenters. The molecule has 0 aliphatic heterocycles. The first-order chi connectivity index (χ1) is 15.0. The lowest BCUT2D eigenvalue weighted by molar-refractivity contribution is 0.0952. The van der Waals surface area contributed by atoms with Crippen LogP contribution in [-0.2, 0) is 6.54 Å². The van der Waals surface area contributed by atoms with Gasteiger partial charge in [0.15, 0.2) is 5.65 Å². The lowest BCUT2D eigenvalue weighted by Crippen LogP contribution is -2.23. The smallest absolute Gasteiger partial charge is 0.252 e. The molecule has 158 valence electrons. The second-order valence-corrected chi connectivity index (χ2v) is 7.82. The van der Waals surface area contributed by atoms with Gasteiger partial charge >= 0.3 is 0 Å². The molecule has 4 rings (SSSR count). The van der Waals surface area contributed by atoms with E-state index < -0.39 is 0 Å². The van der Waals surface area contributed by atoms with Crippen LogP contribution in [0.4, 0.5) is 0 Å². The van der Waals surface area contributed by atoms with E-state index in [2.05, 4.69) is 24.3 Å². The van der Waals surface area contributed by atoms with Gasteiger partial charge in [-0.3, -0.25) is 4.79 Å². The fourth-order valence-corrected chi connectivity index (χ4v) is 3.60. The Kier molecular flexibility index (Phi) is 5.71. The number of methoxy groups -OCH3 is 1. The number of hydrogen-bond donors (Lipinski definition) is 1. The molecule has 2 aromatic carbocycles. The highest BCUT2D eigenvalue weighted by molar-refractivity contribution is 6.06. The molecule has 0 radical (unpaired) electrons. The predicted octanol–water partition coefficient (Wildman–Crippen LogP) is 4.93. The zero-order valence-electron chi connectivity index (χ0n) is 18.2. The second-order valence-electron chi connectivity index (χ2n) is 7.82. The molecule has 0 spiro atoms. The molecule has 31 heavy (non-hydrogen) atoms. The van der Waals surface area contributed by atoms with Gasteiger partial charge in [0.1, 0.15) is 5.75 Å². The quantitative estimate of drug-likeness (QED) is 0.486. The summed E-state index contributed by atoms with van der Waals surface area (Å²) in [6.07, 6.45) is 1.73. The van der Waals surface area contributed by atoms with Gasteiger partial charge in [-0.25, -0.2) is 9.67 Å². The lowest BCUT2D eigenvalue weighted by Gasteiger charge is -2.12. The van der Waals surface area contributed by atoms with Crippen LogP contribution in [0.2, 0.25) is 0 Å². The SMILES string of the molecule is COc1ccc(CNC(=O)c2cc(-c3ccccc3C)nc3c2cnn3C(C)C)cc1. The maximum Gasteiger partial charge on any atom is 0.252 e. The van der Waals surface area contributed by atoms with Crippen molar-refractivity contribution in [3.05, 3.63) is 77.5 Å². The van der Waals surface area contributed by atoms with Crippen molar-refractivity contribution in [2.24, 2.45) is 0 Å². The summed E-state index contributed by atoms with van der Waals surface area (Å²) in [6.45, 7) is 6.57. The molecule has 1 N–H and O–H groups in total. The Hall–Kier alpha value is -3.67. The largest absolute Gasteiger partial charge is 0.497 e. The van der Waals surface area contributed by atoms with E-state index in [0.29, 0.717) is 17.8 Å². The van der Waals surface area contributed by atoms with Crippen LogP contribution in [0.5, 0.6) is 5.75 Å². The van der Waals surface area contributed by atoms with Crippen molar-refractivity contribution in [3.63, 3.8) is 0 Å². The van der Waals surface area contributed by atoms with Crippen molar-refractivity contribution < 1.29 is 9.53 Å². The topological polar surface area (TPSA) is 69.0 Å². The van der Waals surface area contributed by atoms with Crippen LogP contribution in [0.1, 0.15) is 41.4 Å². The van der Waals surface area contributed by atoms with E-state index in [1.165, 1.54) is 0 Å². The Morgan fingerprint density at radius 1 is 1.13 bits per heavy atom. The number of nitrogens with one attached hydrogen (secondary N) is 1. The summed E-state index contributed by atoms with van der Waals surface area (Å²) in [5, 5.41) is 8.27. The molecule has 0 aliphatic carbocycles. The van der Waals surface area contributed by atoms with Gasteiger partial charge in [0.05, 0.1) is 30.0 Å². The summed E-state index contributed by atoms with van der Waals surface area (Å²) in [5.41, 5.74) is 5.16. The van der Waals surface area contributed by atoms with Gasteiger partial charge in [-0.15, -0.1) is 0 Å². The van der Waals surface area contributed by atoms with Crippen molar-refractivity contribution in [3.8, 4) is 17.0 Å². The zero-order valence-corrected chi connectivity index (χ0v) is 18.2. The number of aryl methyl sites for hydroxylation is 1. The Bertz CT molecular complexity index is 1230. The number of nitrogens with zero attached hydrogens (tertiary/aromatic N) is 3. The molecule has 0 atom stereocenters. The van der Waals surface area contributed by atoms with E-state index in [9.17, 15) is 4.79 Å². The standard InChI is InChI=1S/C25H26N4O2/c1-16(2)29-24-22(15-27-29)21(13-23(28-24)20-8-6-5-7-17(20)3)25(30)26-14-18-9-11-19(31-4)12-10-18/h5-13,15-16H,14H2,1-4H3,(H,26,30). The first-order valence-electron chi connectivity index (χ1n) is 10.3. The number of rotatable bonds is 6. The fourth-order valence-electron chi connectivity index (χ4n) is 3.60. The first kappa shape index (κ1) is 20.6. The minimum atomic E-state index is -0.152. The Labute approximate surface area is 181 Å². The van der Waals surface area contributed by atoms with Crippen LogP contribution < -0.4 is 10.1 Å². The highest BCUT2D eigenvalue weighted by atomic mass is 16.5. The molecule has 0 fully saturated rings. The highest BCUT2D eigenvalue weighted by Gasteiger charge is 2.19. The summed E-state index contributed by atoms with van der Waals surface area (Å²) < 4.78 is 7.05. The van der Waals surface area contributed by atoms with E-state index in [1.807, 2.05) is 66.2 Å². The number of benzene rings is 2. The molecule has 0 saturated carbocycles. The highest BCUT2D eigenvalue weighted by Crippen LogP contribution is 2.28. The Morgan fingerprint density at radius 2 is 1.87 bits per heavy atom. The number of carbonyl (C=O) groups excluding carboxylic acids is 1. The van der Waals surface area contributed by atoms with E-state index in [0.717, 1.165) is 33.5 Å². The summed E-state index contributed by atoms with van der Waals surface area (Å²) in [4.78, 5) is 18.1. The van der Waals surface area contributed by atoms with E-state index in [1.54, 1.807) is 13.3 Å². The number of carbonyl (C=O) groups is 1. The molecule has 2 aromatic heterocycles. The normalized spacial score (nSPS) is 11.1. The minimum Gasteiger partial charge on any atom is -0.497 e. The van der Waals surface area contributed by atoms with Crippen LogP contribution >= 0.6 is 0 Å². The molecule has 6 heteroatoms. The van der Waals surface area contributed by atoms with Crippen LogP contribution in [0.25, 0.3) is 22.3 Å². The van der Waals surface area contributed by atoms with Crippen LogP contribution in [0, 0.1) is 6.92 Å². The van der Waals surface area contributed by atoms with E-state index in [4.69, 9.17) is 9.72 Å². The second kappa shape index (κ2) is 8.60. The van der Waals surface area contributed by atoms with Crippen molar-refractivity contribution in [2.45, 2.75) is 33.4 Å². The molecule has 0 saturated heterocycles. The van der Waals surface area contributed by atoms with Crippen LogP contribution in [0.15, 0.2) is 60.8 Å². The van der Waals surface area contributed by atoms with Crippen LogP contribution in [-0.4, -0.2) is 27.8 Å². The van der Waals surface area contributed by atoms with E-state index >= 15 is 0 Å².